The molecule has 0 saturated heterocycles. The maximum absolute atomic E-state index is 6.29. The van der Waals surface area contributed by atoms with Gasteiger partial charge in [-0.1, -0.05) is 0 Å². The summed E-state index contributed by atoms with van der Waals surface area (Å²) < 4.78 is 15.0. The number of hydrogen-bond acceptors (Lipinski definition) is 6. The average molecular weight is 380 g/mol. The van der Waals surface area contributed by atoms with E-state index in [2.05, 4.69) is 26.7 Å². The molecule has 8 nitrogen and oxygen atoms in total. The Bertz CT molecular complexity index is 1090. The monoisotopic (exact) mass is 380 g/mol. The van der Waals surface area contributed by atoms with Crippen molar-refractivity contribution in [1.82, 2.24) is 24.1 Å². The molecule has 28 heavy (non-hydrogen) atoms. The Labute approximate surface area is 162 Å². The van der Waals surface area contributed by atoms with Crippen molar-refractivity contribution in [3.8, 4) is 5.69 Å². The molecule has 3 heterocycles. The number of fused-ring (bicyclic) bond motifs is 3. The van der Waals surface area contributed by atoms with Gasteiger partial charge in [0, 0.05) is 50.3 Å². The first-order valence-corrected chi connectivity index (χ1v) is 9.36. The molecule has 0 saturated carbocycles. The lowest BCUT2D eigenvalue weighted by atomic mass is 10.1. The lowest BCUT2D eigenvalue weighted by Gasteiger charge is -2.11. The van der Waals surface area contributed by atoms with E-state index in [1.54, 1.807) is 19.6 Å². The number of aryl methyl sites for hydroxylation is 1. The Balaban J connectivity index is 1.89. The van der Waals surface area contributed by atoms with Gasteiger partial charge in [0.1, 0.15) is 17.9 Å². The Hall–Kier alpha value is -2.97. The summed E-state index contributed by atoms with van der Waals surface area (Å²) in [5.41, 5.74) is 9.80. The Morgan fingerprint density at radius 3 is 2.86 bits per heavy atom. The number of aromatic nitrogens is 5. The maximum atomic E-state index is 6.29. The summed E-state index contributed by atoms with van der Waals surface area (Å²) in [6.45, 7) is 4.49. The van der Waals surface area contributed by atoms with Crippen LogP contribution >= 0.6 is 0 Å². The molecule has 0 radical (unpaired) electrons. The predicted molar refractivity (Wildman–Crippen MR) is 108 cm³/mol. The zero-order valence-corrected chi connectivity index (χ0v) is 16.1. The molecule has 3 aromatic heterocycles. The van der Waals surface area contributed by atoms with Crippen LogP contribution in [-0.2, 0) is 22.6 Å². The second-order valence-corrected chi connectivity index (χ2v) is 6.53. The van der Waals surface area contributed by atoms with Crippen LogP contribution in [0.15, 0.2) is 36.9 Å². The molecule has 8 heteroatoms. The third-order valence-electron chi connectivity index (χ3n) is 4.73. The second-order valence-electron chi connectivity index (χ2n) is 6.53. The smallest absolute Gasteiger partial charge is 0.152 e. The van der Waals surface area contributed by atoms with Crippen LogP contribution in [0.5, 0.6) is 0 Å². The molecule has 0 spiro atoms. The van der Waals surface area contributed by atoms with Crippen LogP contribution in [0.3, 0.4) is 0 Å². The summed E-state index contributed by atoms with van der Waals surface area (Å²) in [6, 6.07) is 6.13. The highest BCUT2D eigenvalue weighted by atomic mass is 16.5. The number of benzene rings is 1. The Kier molecular flexibility index (Phi) is 5.23. The molecular weight excluding hydrogens is 356 g/mol. The summed E-state index contributed by atoms with van der Waals surface area (Å²) in [7, 11) is 1.71. The minimum atomic E-state index is 0.425. The van der Waals surface area contributed by atoms with E-state index in [0.29, 0.717) is 25.6 Å². The number of nitrogens with zero attached hydrogens (tertiary/aromatic N) is 5. The van der Waals surface area contributed by atoms with Crippen molar-refractivity contribution in [2.75, 3.05) is 26.1 Å². The number of nitrogen functional groups attached to an aromatic ring is 1. The predicted octanol–water partition coefficient (Wildman–Crippen LogP) is 2.93. The normalized spacial score (nSPS) is 11.6. The van der Waals surface area contributed by atoms with Gasteiger partial charge in [-0.05, 0) is 31.5 Å². The van der Waals surface area contributed by atoms with Gasteiger partial charge in [-0.3, -0.25) is 0 Å². The number of anilines is 1. The molecule has 2 N–H and O–H groups in total. The maximum Gasteiger partial charge on any atom is 0.152 e. The van der Waals surface area contributed by atoms with Crippen LogP contribution in [0.2, 0.25) is 0 Å². The van der Waals surface area contributed by atoms with Crippen molar-refractivity contribution in [2.24, 2.45) is 0 Å². The molecule has 4 rings (SSSR count). The molecule has 0 unspecified atom stereocenters. The highest BCUT2D eigenvalue weighted by Gasteiger charge is 2.17. The minimum absolute atomic E-state index is 0.425. The fourth-order valence-corrected chi connectivity index (χ4v) is 3.43. The molecule has 0 aliphatic carbocycles. The van der Waals surface area contributed by atoms with Gasteiger partial charge >= 0.3 is 0 Å². The number of ether oxygens (including phenoxy) is 2. The third-order valence-corrected chi connectivity index (χ3v) is 4.73. The molecule has 0 fully saturated rings. The van der Waals surface area contributed by atoms with E-state index in [-0.39, 0.29) is 0 Å². The van der Waals surface area contributed by atoms with Gasteiger partial charge in [0.15, 0.2) is 5.82 Å². The summed E-state index contributed by atoms with van der Waals surface area (Å²) in [6.07, 6.45) is 6.29. The van der Waals surface area contributed by atoms with E-state index in [9.17, 15) is 0 Å². The highest BCUT2D eigenvalue weighted by molar-refractivity contribution is 6.07. The molecular formula is C20H24N6O2. The fraction of sp³-hybridized carbons (Fsp3) is 0.350. The molecule has 0 aliphatic rings. The van der Waals surface area contributed by atoms with E-state index >= 15 is 0 Å². The topological polar surface area (TPSA) is 93.0 Å². The van der Waals surface area contributed by atoms with E-state index in [4.69, 9.17) is 20.2 Å². The molecule has 0 bridgehead atoms. The summed E-state index contributed by atoms with van der Waals surface area (Å²) in [5, 5.41) is 1.01. The molecule has 0 amide bonds. The van der Waals surface area contributed by atoms with Crippen molar-refractivity contribution in [3.63, 3.8) is 0 Å². The van der Waals surface area contributed by atoms with Crippen LogP contribution in [0, 0.1) is 0 Å². The first kappa shape index (κ1) is 18.4. The van der Waals surface area contributed by atoms with Crippen LogP contribution in [0.1, 0.15) is 19.2 Å². The van der Waals surface area contributed by atoms with Gasteiger partial charge in [-0.25, -0.2) is 15.0 Å². The van der Waals surface area contributed by atoms with E-state index in [1.807, 2.05) is 23.8 Å². The van der Waals surface area contributed by atoms with Crippen molar-refractivity contribution in [1.29, 1.82) is 0 Å². The first-order valence-electron chi connectivity index (χ1n) is 9.36. The van der Waals surface area contributed by atoms with Gasteiger partial charge in [-0.2, -0.15) is 0 Å². The van der Waals surface area contributed by atoms with Gasteiger partial charge < -0.3 is 24.3 Å². The number of pyridine rings is 1. The number of rotatable bonds is 8. The van der Waals surface area contributed by atoms with Crippen LogP contribution in [0.25, 0.3) is 27.6 Å². The highest BCUT2D eigenvalue weighted by Crippen LogP contribution is 2.30. The van der Waals surface area contributed by atoms with E-state index in [0.717, 1.165) is 46.4 Å². The van der Waals surface area contributed by atoms with E-state index < -0.39 is 0 Å². The molecule has 0 atom stereocenters. The Morgan fingerprint density at radius 1 is 1.21 bits per heavy atom. The molecule has 4 aromatic rings. The van der Waals surface area contributed by atoms with Crippen molar-refractivity contribution >= 4 is 27.8 Å². The zero-order valence-electron chi connectivity index (χ0n) is 16.1. The summed E-state index contributed by atoms with van der Waals surface area (Å²) in [4.78, 5) is 13.5. The number of nitrogens with two attached hydrogens (primary N) is 1. The standard InChI is InChI=1S/C20H24N6O2/c1-3-28-12-17-24-18-19(26(17)8-4-10-27-2)15-6-5-14(25-9-7-22-13-25)11-16(15)23-20(18)21/h5-7,9,11,13H,3-4,8,10,12H2,1-2H3,(H2,21,23). The molecule has 146 valence electrons. The van der Waals surface area contributed by atoms with Crippen molar-refractivity contribution in [2.45, 2.75) is 26.5 Å². The third kappa shape index (κ3) is 3.32. The number of hydrogen-bond donors (Lipinski definition) is 1. The molecule has 1 aromatic carbocycles. The summed E-state index contributed by atoms with van der Waals surface area (Å²) in [5.74, 6) is 1.28. The SMILES string of the molecule is CCOCc1nc2c(N)nc3cc(-n4ccnc4)ccc3c2n1CCCOC. The van der Waals surface area contributed by atoms with Gasteiger partial charge in [0.05, 0.1) is 17.4 Å². The summed E-state index contributed by atoms with van der Waals surface area (Å²) >= 11 is 0. The first-order chi connectivity index (χ1) is 13.7. The second kappa shape index (κ2) is 7.95. The van der Waals surface area contributed by atoms with Crippen molar-refractivity contribution < 1.29 is 9.47 Å². The van der Waals surface area contributed by atoms with Gasteiger partial charge in [0.25, 0.3) is 0 Å². The fourth-order valence-electron chi connectivity index (χ4n) is 3.43. The van der Waals surface area contributed by atoms with Gasteiger partial charge in [0.2, 0.25) is 0 Å². The van der Waals surface area contributed by atoms with Crippen LogP contribution < -0.4 is 5.73 Å². The minimum Gasteiger partial charge on any atom is -0.385 e. The van der Waals surface area contributed by atoms with Crippen LogP contribution in [0.4, 0.5) is 5.82 Å². The van der Waals surface area contributed by atoms with Gasteiger partial charge in [-0.15, -0.1) is 0 Å². The number of imidazole rings is 2. The lowest BCUT2D eigenvalue weighted by molar-refractivity contribution is 0.125. The lowest BCUT2D eigenvalue weighted by Crippen LogP contribution is -2.08. The molecule has 0 aliphatic heterocycles. The van der Waals surface area contributed by atoms with Crippen molar-refractivity contribution in [3.05, 3.63) is 42.7 Å². The quantitative estimate of drug-likeness (QED) is 0.473. The number of methoxy groups -OCH3 is 1. The average Bonchev–Trinajstić information content (AvgIpc) is 3.35. The zero-order chi connectivity index (χ0) is 19.5. The van der Waals surface area contributed by atoms with E-state index in [1.165, 1.54) is 0 Å². The van der Waals surface area contributed by atoms with Crippen LogP contribution in [-0.4, -0.2) is 44.4 Å². The Morgan fingerprint density at radius 2 is 2.11 bits per heavy atom. The largest absolute Gasteiger partial charge is 0.385 e.